The number of imidazole rings is 1. The van der Waals surface area contributed by atoms with E-state index >= 15 is 0 Å². The summed E-state index contributed by atoms with van der Waals surface area (Å²) >= 11 is 0. The Morgan fingerprint density at radius 3 is 1.70 bits per heavy atom. The fourth-order valence-corrected chi connectivity index (χ4v) is 2.46. The van der Waals surface area contributed by atoms with Crippen molar-refractivity contribution in [3.05, 3.63) is 94.7 Å². The summed E-state index contributed by atoms with van der Waals surface area (Å²) in [4.78, 5) is 12.3. The Morgan fingerprint density at radius 2 is 1.30 bits per heavy atom. The highest BCUT2D eigenvalue weighted by Gasteiger charge is 2.18. The van der Waals surface area contributed by atoms with Gasteiger partial charge in [0.15, 0.2) is 0 Å². The molecule has 0 aliphatic heterocycles. The standard InChI is InChI=1S/C17H16N2O/c1-18-12-13-19(17(18)20)16(14-8-4-2-5-9-14)15-10-6-3-7-11-15/h2-13,16H,1H3. The number of rotatable bonds is 3. The molecule has 3 aromatic rings. The summed E-state index contributed by atoms with van der Waals surface area (Å²) in [7, 11) is 1.77. The van der Waals surface area contributed by atoms with Crippen molar-refractivity contribution < 1.29 is 0 Å². The van der Waals surface area contributed by atoms with Crippen LogP contribution in [0.1, 0.15) is 17.2 Å². The molecule has 3 heteroatoms. The van der Waals surface area contributed by atoms with E-state index < -0.39 is 0 Å². The average molecular weight is 264 g/mol. The summed E-state index contributed by atoms with van der Waals surface area (Å²) in [6.45, 7) is 0. The summed E-state index contributed by atoms with van der Waals surface area (Å²) in [5, 5.41) is 0. The van der Waals surface area contributed by atoms with Crippen LogP contribution in [-0.4, -0.2) is 9.13 Å². The van der Waals surface area contributed by atoms with Crippen LogP contribution >= 0.6 is 0 Å². The van der Waals surface area contributed by atoms with E-state index in [1.807, 2.05) is 42.6 Å². The second-order valence-electron chi connectivity index (χ2n) is 4.82. The number of aryl methyl sites for hydroxylation is 1. The highest BCUT2D eigenvalue weighted by atomic mass is 16.1. The molecule has 0 radical (unpaired) electrons. The molecule has 0 unspecified atom stereocenters. The van der Waals surface area contributed by atoms with E-state index in [0.717, 1.165) is 11.1 Å². The Morgan fingerprint density at radius 1 is 0.800 bits per heavy atom. The highest BCUT2D eigenvalue weighted by molar-refractivity contribution is 5.32. The van der Waals surface area contributed by atoms with Gasteiger partial charge in [0.05, 0.1) is 6.04 Å². The van der Waals surface area contributed by atoms with Crippen LogP contribution in [0.5, 0.6) is 0 Å². The number of hydrogen-bond acceptors (Lipinski definition) is 1. The van der Waals surface area contributed by atoms with Crippen molar-refractivity contribution in [2.75, 3.05) is 0 Å². The summed E-state index contributed by atoms with van der Waals surface area (Å²) in [6.07, 6.45) is 3.63. The maximum absolute atomic E-state index is 12.3. The van der Waals surface area contributed by atoms with Gasteiger partial charge in [-0.3, -0.25) is 4.57 Å². The van der Waals surface area contributed by atoms with Crippen LogP contribution in [-0.2, 0) is 7.05 Å². The lowest BCUT2D eigenvalue weighted by molar-refractivity contribution is 0.632. The summed E-state index contributed by atoms with van der Waals surface area (Å²) in [6, 6.07) is 20.1. The van der Waals surface area contributed by atoms with Gasteiger partial charge in [0.25, 0.3) is 0 Å². The van der Waals surface area contributed by atoms with E-state index in [2.05, 4.69) is 24.3 Å². The molecule has 0 atom stereocenters. The molecule has 0 bridgehead atoms. The molecule has 0 aliphatic carbocycles. The molecule has 3 rings (SSSR count). The van der Waals surface area contributed by atoms with Crippen molar-refractivity contribution in [2.24, 2.45) is 7.05 Å². The Labute approximate surface area is 117 Å². The molecule has 0 fully saturated rings. The van der Waals surface area contributed by atoms with Crippen molar-refractivity contribution in [2.45, 2.75) is 6.04 Å². The Kier molecular flexibility index (Phi) is 3.25. The van der Waals surface area contributed by atoms with Crippen molar-refractivity contribution in [1.82, 2.24) is 9.13 Å². The van der Waals surface area contributed by atoms with E-state index in [-0.39, 0.29) is 11.7 Å². The summed E-state index contributed by atoms with van der Waals surface area (Å²) < 4.78 is 3.36. The Bertz CT molecular complexity index is 702. The first-order chi connectivity index (χ1) is 9.77. The largest absolute Gasteiger partial charge is 0.328 e. The SMILES string of the molecule is Cn1ccn(C(c2ccccc2)c2ccccc2)c1=O. The minimum absolute atomic E-state index is 0.0114. The van der Waals surface area contributed by atoms with Crippen molar-refractivity contribution in [3.63, 3.8) is 0 Å². The quantitative estimate of drug-likeness (QED) is 0.714. The molecule has 1 aromatic heterocycles. The van der Waals surface area contributed by atoms with Crippen LogP contribution in [0.3, 0.4) is 0 Å². The van der Waals surface area contributed by atoms with Gasteiger partial charge >= 0.3 is 5.69 Å². The zero-order valence-electron chi connectivity index (χ0n) is 11.3. The molecule has 0 spiro atoms. The van der Waals surface area contributed by atoms with E-state index in [0.29, 0.717) is 0 Å². The minimum atomic E-state index is -0.0916. The smallest absolute Gasteiger partial charge is 0.302 e. The van der Waals surface area contributed by atoms with E-state index in [1.54, 1.807) is 22.4 Å². The van der Waals surface area contributed by atoms with Crippen molar-refractivity contribution in [1.29, 1.82) is 0 Å². The van der Waals surface area contributed by atoms with Gasteiger partial charge in [-0.25, -0.2) is 4.79 Å². The van der Waals surface area contributed by atoms with E-state index in [9.17, 15) is 4.79 Å². The summed E-state index contributed by atoms with van der Waals surface area (Å²) in [5.74, 6) is 0. The average Bonchev–Trinajstić information content (AvgIpc) is 2.82. The second-order valence-corrected chi connectivity index (χ2v) is 4.82. The molecule has 0 aliphatic rings. The minimum Gasteiger partial charge on any atom is -0.302 e. The first kappa shape index (κ1) is 12.5. The molecular weight excluding hydrogens is 248 g/mol. The molecule has 100 valence electrons. The fraction of sp³-hybridized carbons (Fsp3) is 0.118. The molecular formula is C17H16N2O. The maximum atomic E-state index is 12.3. The number of aromatic nitrogens is 2. The van der Waals surface area contributed by atoms with Crippen LogP contribution < -0.4 is 5.69 Å². The molecule has 0 amide bonds. The van der Waals surface area contributed by atoms with Crippen LogP contribution in [0.4, 0.5) is 0 Å². The number of hydrogen-bond donors (Lipinski definition) is 0. The molecule has 0 saturated heterocycles. The third kappa shape index (κ3) is 2.18. The second kappa shape index (κ2) is 5.21. The molecule has 3 nitrogen and oxygen atoms in total. The maximum Gasteiger partial charge on any atom is 0.328 e. The third-order valence-corrected chi connectivity index (χ3v) is 3.48. The van der Waals surface area contributed by atoms with E-state index in [4.69, 9.17) is 0 Å². The van der Waals surface area contributed by atoms with Gasteiger partial charge in [-0.1, -0.05) is 60.7 Å². The lowest BCUT2D eigenvalue weighted by Crippen LogP contribution is -2.27. The fourth-order valence-electron chi connectivity index (χ4n) is 2.46. The number of benzene rings is 2. The topological polar surface area (TPSA) is 26.9 Å². The lowest BCUT2D eigenvalue weighted by atomic mass is 9.99. The highest BCUT2D eigenvalue weighted by Crippen LogP contribution is 2.24. The molecule has 1 heterocycles. The van der Waals surface area contributed by atoms with Gasteiger partial charge in [-0.15, -0.1) is 0 Å². The van der Waals surface area contributed by atoms with Crippen LogP contribution in [0, 0.1) is 0 Å². The predicted octanol–water partition coefficient (Wildman–Crippen LogP) is 2.82. The Hall–Kier alpha value is -2.55. The molecule has 0 saturated carbocycles. The molecule has 20 heavy (non-hydrogen) atoms. The normalized spacial score (nSPS) is 10.9. The van der Waals surface area contributed by atoms with Crippen LogP contribution in [0.2, 0.25) is 0 Å². The molecule has 0 N–H and O–H groups in total. The van der Waals surface area contributed by atoms with Gasteiger partial charge in [0.1, 0.15) is 0 Å². The lowest BCUT2D eigenvalue weighted by Gasteiger charge is -2.19. The first-order valence-electron chi connectivity index (χ1n) is 6.61. The zero-order chi connectivity index (χ0) is 13.9. The Balaban J connectivity index is 2.19. The monoisotopic (exact) mass is 264 g/mol. The van der Waals surface area contributed by atoms with Crippen molar-refractivity contribution in [3.8, 4) is 0 Å². The van der Waals surface area contributed by atoms with Gasteiger partial charge in [-0.2, -0.15) is 0 Å². The predicted molar refractivity (Wildman–Crippen MR) is 79.8 cm³/mol. The first-order valence-corrected chi connectivity index (χ1v) is 6.61. The van der Waals surface area contributed by atoms with Crippen LogP contribution in [0.15, 0.2) is 77.9 Å². The van der Waals surface area contributed by atoms with Crippen molar-refractivity contribution >= 4 is 0 Å². The summed E-state index contributed by atoms with van der Waals surface area (Å²) in [5.41, 5.74) is 2.20. The van der Waals surface area contributed by atoms with Crippen LogP contribution in [0.25, 0.3) is 0 Å². The van der Waals surface area contributed by atoms with Gasteiger partial charge in [0.2, 0.25) is 0 Å². The zero-order valence-corrected chi connectivity index (χ0v) is 11.3. The van der Waals surface area contributed by atoms with Gasteiger partial charge < -0.3 is 4.57 Å². The third-order valence-electron chi connectivity index (χ3n) is 3.48. The number of nitrogens with zero attached hydrogens (tertiary/aromatic N) is 2. The van der Waals surface area contributed by atoms with E-state index in [1.165, 1.54) is 0 Å². The van der Waals surface area contributed by atoms with Gasteiger partial charge in [-0.05, 0) is 11.1 Å². The molecule has 2 aromatic carbocycles. The van der Waals surface area contributed by atoms with Gasteiger partial charge in [0, 0.05) is 19.4 Å².